The van der Waals surface area contributed by atoms with Crippen LogP contribution in [0.2, 0.25) is 0 Å². The summed E-state index contributed by atoms with van der Waals surface area (Å²) in [6, 6.07) is 0. The number of ether oxygens (including phenoxy) is 1. The maximum Gasteiger partial charge on any atom is 0.0464 e. The van der Waals surface area contributed by atoms with Crippen molar-refractivity contribution in [1.82, 2.24) is 5.32 Å². The normalized spacial score (nSPS) is 13.4. The van der Waals surface area contributed by atoms with Crippen LogP contribution in [0, 0.1) is 5.92 Å². The summed E-state index contributed by atoms with van der Waals surface area (Å²) in [6.07, 6.45) is 3.78. The summed E-state index contributed by atoms with van der Waals surface area (Å²) in [5.74, 6) is 0.809. The zero-order valence-electron chi connectivity index (χ0n) is 8.02. The number of hydrogen-bond acceptors (Lipinski definition) is 2. The third-order valence-electron chi connectivity index (χ3n) is 1.94. The highest BCUT2D eigenvalue weighted by molar-refractivity contribution is 4.53. The van der Waals surface area contributed by atoms with Gasteiger partial charge in [0.25, 0.3) is 0 Å². The first-order chi connectivity index (χ1) is 5.31. The van der Waals surface area contributed by atoms with Gasteiger partial charge >= 0.3 is 0 Å². The summed E-state index contributed by atoms with van der Waals surface area (Å²) >= 11 is 0. The second-order valence-electron chi connectivity index (χ2n) is 3.13. The van der Waals surface area contributed by atoms with Crippen molar-refractivity contribution < 1.29 is 4.74 Å². The lowest BCUT2D eigenvalue weighted by Crippen LogP contribution is -2.09. The number of nitrogens with one attached hydrogen (secondary N) is 1. The van der Waals surface area contributed by atoms with Crippen molar-refractivity contribution in [2.75, 3.05) is 27.3 Å². The minimum atomic E-state index is 0.809. The Morgan fingerprint density at radius 2 is 2.09 bits per heavy atom. The maximum absolute atomic E-state index is 5.00. The molecule has 0 radical (unpaired) electrons. The molecule has 0 bridgehead atoms. The van der Waals surface area contributed by atoms with Gasteiger partial charge in [-0.2, -0.15) is 0 Å². The Kier molecular flexibility index (Phi) is 7.96. The van der Waals surface area contributed by atoms with E-state index in [4.69, 9.17) is 4.74 Å². The first-order valence-electron chi connectivity index (χ1n) is 4.44. The largest absolute Gasteiger partial charge is 0.385 e. The molecule has 0 aromatic carbocycles. The molecule has 68 valence electrons. The van der Waals surface area contributed by atoms with Crippen LogP contribution in [0.5, 0.6) is 0 Å². The quantitative estimate of drug-likeness (QED) is 0.570. The van der Waals surface area contributed by atoms with Gasteiger partial charge in [0.2, 0.25) is 0 Å². The van der Waals surface area contributed by atoms with Crippen molar-refractivity contribution in [3.8, 4) is 0 Å². The zero-order chi connectivity index (χ0) is 8.53. The lowest BCUT2D eigenvalue weighted by atomic mass is 10.0. The third kappa shape index (κ3) is 7.82. The lowest BCUT2D eigenvalue weighted by molar-refractivity contribution is 0.178. The minimum Gasteiger partial charge on any atom is -0.385 e. The highest BCUT2D eigenvalue weighted by Crippen LogP contribution is 2.08. The lowest BCUT2D eigenvalue weighted by Gasteiger charge is -2.09. The van der Waals surface area contributed by atoms with Crippen LogP contribution in [-0.4, -0.2) is 27.3 Å². The van der Waals surface area contributed by atoms with Crippen molar-refractivity contribution in [3.05, 3.63) is 0 Å². The van der Waals surface area contributed by atoms with E-state index in [0.29, 0.717) is 0 Å². The summed E-state index contributed by atoms with van der Waals surface area (Å²) < 4.78 is 5.00. The van der Waals surface area contributed by atoms with Gasteiger partial charge in [-0.25, -0.2) is 0 Å². The molecule has 0 aliphatic carbocycles. The molecule has 0 aromatic rings. The summed E-state index contributed by atoms with van der Waals surface area (Å²) in [4.78, 5) is 0. The molecule has 0 rings (SSSR count). The molecule has 11 heavy (non-hydrogen) atoms. The second-order valence-corrected chi connectivity index (χ2v) is 3.13. The van der Waals surface area contributed by atoms with Gasteiger partial charge in [-0.05, 0) is 38.8 Å². The van der Waals surface area contributed by atoms with E-state index in [0.717, 1.165) is 19.1 Å². The fraction of sp³-hybridized carbons (Fsp3) is 1.00. The van der Waals surface area contributed by atoms with Gasteiger partial charge < -0.3 is 10.1 Å². The molecule has 0 amide bonds. The van der Waals surface area contributed by atoms with Crippen molar-refractivity contribution in [2.24, 2.45) is 5.92 Å². The molecule has 0 spiro atoms. The second kappa shape index (κ2) is 8.02. The fourth-order valence-electron chi connectivity index (χ4n) is 1.09. The van der Waals surface area contributed by atoms with Gasteiger partial charge in [0, 0.05) is 13.7 Å². The Morgan fingerprint density at radius 1 is 1.36 bits per heavy atom. The predicted octanol–water partition coefficient (Wildman–Crippen LogP) is 1.66. The summed E-state index contributed by atoms with van der Waals surface area (Å²) in [6.45, 7) is 4.33. The van der Waals surface area contributed by atoms with Crippen molar-refractivity contribution >= 4 is 0 Å². The van der Waals surface area contributed by atoms with Gasteiger partial charge in [0.15, 0.2) is 0 Å². The Labute approximate surface area is 70.3 Å². The molecule has 0 saturated carbocycles. The van der Waals surface area contributed by atoms with Gasteiger partial charge in [0.05, 0.1) is 0 Å². The van der Waals surface area contributed by atoms with Gasteiger partial charge in [-0.3, -0.25) is 0 Å². The van der Waals surface area contributed by atoms with Gasteiger partial charge in [0.1, 0.15) is 0 Å². The molecule has 1 atom stereocenters. The maximum atomic E-state index is 5.00. The summed E-state index contributed by atoms with van der Waals surface area (Å²) in [7, 11) is 3.76. The third-order valence-corrected chi connectivity index (χ3v) is 1.94. The monoisotopic (exact) mass is 159 g/mol. The SMILES string of the molecule is CNCCCC(C)CCOC. The summed E-state index contributed by atoms with van der Waals surface area (Å²) in [5.41, 5.74) is 0. The Hall–Kier alpha value is -0.0800. The van der Waals surface area contributed by atoms with E-state index in [-0.39, 0.29) is 0 Å². The van der Waals surface area contributed by atoms with Crippen molar-refractivity contribution in [2.45, 2.75) is 26.2 Å². The highest BCUT2D eigenvalue weighted by Gasteiger charge is 1.99. The fourth-order valence-corrected chi connectivity index (χ4v) is 1.09. The van der Waals surface area contributed by atoms with Crippen LogP contribution in [0.1, 0.15) is 26.2 Å². The molecule has 0 heterocycles. The van der Waals surface area contributed by atoms with E-state index in [9.17, 15) is 0 Å². The minimum absolute atomic E-state index is 0.809. The summed E-state index contributed by atoms with van der Waals surface area (Å²) in [5, 5.41) is 3.15. The first-order valence-corrected chi connectivity index (χ1v) is 4.44. The molecular weight excluding hydrogens is 138 g/mol. The topological polar surface area (TPSA) is 21.3 Å². The molecule has 0 saturated heterocycles. The number of rotatable bonds is 7. The van der Waals surface area contributed by atoms with Crippen molar-refractivity contribution in [3.63, 3.8) is 0 Å². The molecule has 2 heteroatoms. The molecule has 0 aromatic heterocycles. The standard InChI is InChI=1S/C9H21NO/c1-9(6-8-11-3)5-4-7-10-2/h9-10H,4-8H2,1-3H3. The van der Waals surface area contributed by atoms with Crippen LogP contribution < -0.4 is 5.32 Å². The van der Waals surface area contributed by atoms with Gasteiger partial charge in [-0.1, -0.05) is 6.92 Å². The van der Waals surface area contributed by atoms with E-state index >= 15 is 0 Å². The zero-order valence-corrected chi connectivity index (χ0v) is 8.02. The Balaban J connectivity index is 3.02. The van der Waals surface area contributed by atoms with E-state index < -0.39 is 0 Å². The smallest absolute Gasteiger partial charge is 0.0464 e. The van der Waals surface area contributed by atoms with E-state index in [1.54, 1.807) is 7.11 Å². The molecule has 1 N–H and O–H groups in total. The van der Waals surface area contributed by atoms with Crippen LogP contribution in [0.3, 0.4) is 0 Å². The average molecular weight is 159 g/mol. The van der Waals surface area contributed by atoms with Crippen molar-refractivity contribution in [1.29, 1.82) is 0 Å². The molecule has 1 unspecified atom stereocenters. The first kappa shape index (κ1) is 10.9. The van der Waals surface area contributed by atoms with Crippen LogP contribution in [-0.2, 0) is 4.74 Å². The van der Waals surface area contributed by atoms with Crippen LogP contribution in [0.15, 0.2) is 0 Å². The van der Waals surface area contributed by atoms with E-state index in [1.165, 1.54) is 19.3 Å². The highest BCUT2D eigenvalue weighted by atomic mass is 16.5. The van der Waals surface area contributed by atoms with E-state index in [1.807, 2.05) is 7.05 Å². The van der Waals surface area contributed by atoms with Crippen LogP contribution >= 0.6 is 0 Å². The van der Waals surface area contributed by atoms with Crippen LogP contribution in [0.4, 0.5) is 0 Å². The Bertz CT molecular complexity index is 76.0. The molecule has 2 nitrogen and oxygen atoms in total. The van der Waals surface area contributed by atoms with Crippen LogP contribution in [0.25, 0.3) is 0 Å². The van der Waals surface area contributed by atoms with E-state index in [2.05, 4.69) is 12.2 Å². The average Bonchev–Trinajstić information content (AvgIpc) is 2.01. The predicted molar refractivity (Wildman–Crippen MR) is 48.8 cm³/mol. The van der Waals surface area contributed by atoms with Gasteiger partial charge in [-0.15, -0.1) is 0 Å². The number of hydrogen-bond donors (Lipinski definition) is 1. The Morgan fingerprint density at radius 3 is 2.64 bits per heavy atom. The molecule has 0 fully saturated rings. The molecule has 0 aliphatic heterocycles. The molecular formula is C9H21NO. The molecule has 0 aliphatic rings. The number of methoxy groups -OCH3 is 1.